The molecular formula is C36H50O4. The predicted molar refractivity (Wildman–Crippen MR) is 166 cm³/mol. The number of ether oxygens (including phenoxy) is 3. The lowest BCUT2D eigenvalue weighted by atomic mass is 10.0. The third-order valence-corrected chi connectivity index (χ3v) is 7.46. The second kappa shape index (κ2) is 18.4. The van der Waals surface area contributed by atoms with E-state index in [4.69, 9.17) is 14.2 Å². The molecule has 0 unspecified atom stereocenters. The molecule has 0 saturated heterocycles. The van der Waals surface area contributed by atoms with Crippen LogP contribution in [0.1, 0.15) is 114 Å². The van der Waals surface area contributed by atoms with Crippen LogP contribution in [0.4, 0.5) is 0 Å². The van der Waals surface area contributed by atoms with Crippen molar-refractivity contribution in [3.8, 4) is 11.5 Å². The zero-order valence-corrected chi connectivity index (χ0v) is 25.1. The summed E-state index contributed by atoms with van der Waals surface area (Å²) in [5.74, 6) is 1.88. The number of carbonyl (C=O) groups excluding carboxylic acids is 1. The lowest BCUT2D eigenvalue weighted by molar-refractivity contribution is 0.0442. The summed E-state index contributed by atoms with van der Waals surface area (Å²) in [7, 11) is 0. The molecule has 3 aromatic rings. The SMILES string of the molecule is CCCCCCCCCCOc1ccc2c(OCc3ccc(C(=O)OC[C@H](C)CCCCC)cc3)cccc2c1. The number of fused-ring (bicyclic) bond motifs is 1. The van der Waals surface area contributed by atoms with Crippen molar-refractivity contribution in [1.29, 1.82) is 0 Å². The molecule has 0 fully saturated rings. The Hall–Kier alpha value is -3.01. The van der Waals surface area contributed by atoms with Crippen molar-refractivity contribution in [2.45, 2.75) is 104 Å². The highest BCUT2D eigenvalue weighted by molar-refractivity contribution is 5.90. The summed E-state index contributed by atoms with van der Waals surface area (Å²) in [6.07, 6.45) is 15.1. The Morgan fingerprint density at radius 2 is 1.45 bits per heavy atom. The van der Waals surface area contributed by atoms with Crippen LogP contribution in [0.5, 0.6) is 11.5 Å². The Morgan fingerprint density at radius 3 is 2.20 bits per heavy atom. The fourth-order valence-electron chi connectivity index (χ4n) is 4.90. The van der Waals surface area contributed by atoms with E-state index in [0.29, 0.717) is 24.7 Å². The predicted octanol–water partition coefficient (Wildman–Crippen LogP) is 10.3. The van der Waals surface area contributed by atoms with Crippen molar-refractivity contribution in [3.05, 3.63) is 71.8 Å². The van der Waals surface area contributed by atoms with Crippen LogP contribution >= 0.6 is 0 Å². The van der Waals surface area contributed by atoms with Crippen molar-refractivity contribution in [3.63, 3.8) is 0 Å². The summed E-state index contributed by atoms with van der Waals surface area (Å²) in [6, 6.07) is 19.8. The topological polar surface area (TPSA) is 44.8 Å². The third kappa shape index (κ3) is 11.2. The summed E-state index contributed by atoms with van der Waals surface area (Å²) in [6.45, 7) is 8.27. The first-order chi connectivity index (χ1) is 19.6. The molecule has 218 valence electrons. The lowest BCUT2D eigenvalue weighted by Gasteiger charge is -2.13. The second-order valence-electron chi connectivity index (χ2n) is 11.1. The summed E-state index contributed by atoms with van der Waals surface area (Å²) in [4.78, 5) is 12.4. The van der Waals surface area contributed by atoms with Gasteiger partial charge in [0.1, 0.15) is 18.1 Å². The molecule has 0 N–H and O–H groups in total. The number of unbranched alkanes of at least 4 members (excludes halogenated alkanes) is 9. The van der Waals surface area contributed by atoms with Gasteiger partial charge in [0, 0.05) is 5.39 Å². The first-order valence-corrected chi connectivity index (χ1v) is 15.6. The van der Waals surface area contributed by atoms with Gasteiger partial charge < -0.3 is 14.2 Å². The molecule has 3 rings (SSSR count). The van der Waals surface area contributed by atoms with E-state index >= 15 is 0 Å². The Morgan fingerprint density at radius 1 is 0.750 bits per heavy atom. The van der Waals surface area contributed by atoms with Crippen molar-refractivity contribution in [1.82, 2.24) is 0 Å². The van der Waals surface area contributed by atoms with Crippen molar-refractivity contribution in [2.75, 3.05) is 13.2 Å². The second-order valence-corrected chi connectivity index (χ2v) is 11.1. The number of carbonyl (C=O) groups is 1. The molecule has 0 saturated carbocycles. The summed E-state index contributed by atoms with van der Waals surface area (Å²) < 4.78 is 17.7. The number of esters is 1. The highest BCUT2D eigenvalue weighted by Gasteiger charge is 2.11. The van der Waals surface area contributed by atoms with Gasteiger partial charge in [-0.15, -0.1) is 0 Å². The minimum absolute atomic E-state index is 0.260. The van der Waals surface area contributed by atoms with Crippen LogP contribution in [0.3, 0.4) is 0 Å². The monoisotopic (exact) mass is 546 g/mol. The van der Waals surface area contributed by atoms with Crippen LogP contribution in [-0.2, 0) is 11.3 Å². The van der Waals surface area contributed by atoms with E-state index in [2.05, 4.69) is 39.0 Å². The average molecular weight is 547 g/mol. The molecule has 0 radical (unpaired) electrons. The smallest absolute Gasteiger partial charge is 0.338 e. The maximum absolute atomic E-state index is 12.4. The molecule has 0 amide bonds. The molecule has 0 aliphatic carbocycles. The van der Waals surface area contributed by atoms with Gasteiger partial charge >= 0.3 is 5.97 Å². The van der Waals surface area contributed by atoms with Crippen molar-refractivity contribution >= 4 is 16.7 Å². The fourth-order valence-corrected chi connectivity index (χ4v) is 4.90. The van der Waals surface area contributed by atoms with E-state index in [0.717, 1.165) is 47.3 Å². The maximum Gasteiger partial charge on any atom is 0.338 e. The Kier molecular flexibility index (Phi) is 14.5. The first-order valence-electron chi connectivity index (χ1n) is 15.6. The van der Waals surface area contributed by atoms with Gasteiger partial charge in [0.05, 0.1) is 18.8 Å². The van der Waals surface area contributed by atoms with Crippen molar-refractivity contribution < 1.29 is 19.0 Å². The molecule has 4 nitrogen and oxygen atoms in total. The Labute approximate surface area is 242 Å². The van der Waals surface area contributed by atoms with Gasteiger partial charge in [-0.3, -0.25) is 0 Å². The number of benzene rings is 3. The molecule has 4 heteroatoms. The van der Waals surface area contributed by atoms with Gasteiger partial charge in [-0.05, 0) is 66.1 Å². The van der Waals surface area contributed by atoms with Gasteiger partial charge in [0.2, 0.25) is 0 Å². The van der Waals surface area contributed by atoms with Gasteiger partial charge in [-0.2, -0.15) is 0 Å². The molecule has 0 heterocycles. The van der Waals surface area contributed by atoms with Crippen LogP contribution < -0.4 is 9.47 Å². The van der Waals surface area contributed by atoms with E-state index < -0.39 is 0 Å². The van der Waals surface area contributed by atoms with E-state index in [1.54, 1.807) is 0 Å². The minimum atomic E-state index is -0.260. The number of rotatable bonds is 20. The minimum Gasteiger partial charge on any atom is -0.494 e. The number of hydrogen-bond acceptors (Lipinski definition) is 4. The Balaban J connectivity index is 1.43. The largest absolute Gasteiger partial charge is 0.494 e. The van der Waals surface area contributed by atoms with E-state index in [1.165, 1.54) is 64.2 Å². The molecule has 0 spiro atoms. The normalized spacial score (nSPS) is 11.9. The molecule has 0 aromatic heterocycles. The quantitative estimate of drug-likeness (QED) is 0.104. The maximum atomic E-state index is 12.4. The third-order valence-electron chi connectivity index (χ3n) is 7.46. The fraction of sp³-hybridized carbons (Fsp3) is 0.528. The molecule has 0 aliphatic heterocycles. The standard InChI is InChI=1S/C36H50O4/c1-4-6-8-9-10-11-12-14-25-38-33-23-24-34-32(26-33)17-15-18-35(34)39-28-30-19-21-31(22-20-30)36(37)40-27-29(3)16-13-7-5-2/h15,17-24,26,29H,4-14,16,25,27-28H2,1-3H3/t29-/m1/s1. The molecule has 3 aromatic carbocycles. The molecular weight excluding hydrogens is 496 g/mol. The van der Waals surface area contributed by atoms with Gasteiger partial charge in [0.15, 0.2) is 0 Å². The van der Waals surface area contributed by atoms with Crippen LogP contribution in [0.2, 0.25) is 0 Å². The van der Waals surface area contributed by atoms with Gasteiger partial charge in [0.25, 0.3) is 0 Å². The van der Waals surface area contributed by atoms with Crippen LogP contribution in [0, 0.1) is 5.92 Å². The van der Waals surface area contributed by atoms with E-state index in [1.807, 2.05) is 42.5 Å². The van der Waals surface area contributed by atoms with E-state index in [-0.39, 0.29) is 5.97 Å². The lowest BCUT2D eigenvalue weighted by Crippen LogP contribution is -2.12. The number of hydrogen-bond donors (Lipinski definition) is 0. The highest BCUT2D eigenvalue weighted by Crippen LogP contribution is 2.29. The van der Waals surface area contributed by atoms with Gasteiger partial charge in [-0.25, -0.2) is 4.79 Å². The summed E-state index contributed by atoms with van der Waals surface area (Å²) in [5.41, 5.74) is 1.58. The molecule has 1 atom stereocenters. The van der Waals surface area contributed by atoms with Gasteiger partial charge in [-0.1, -0.05) is 109 Å². The van der Waals surface area contributed by atoms with E-state index in [9.17, 15) is 4.79 Å². The molecule has 0 aliphatic rings. The molecule has 0 bridgehead atoms. The summed E-state index contributed by atoms with van der Waals surface area (Å²) >= 11 is 0. The molecule has 40 heavy (non-hydrogen) atoms. The average Bonchev–Trinajstić information content (AvgIpc) is 2.98. The first kappa shape index (κ1) is 31.5. The Bertz CT molecular complexity index is 1120. The van der Waals surface area contributed by atoms with Crippen molar-refractivity contribution in [2.24, 2.45) is 5.92 Å². The van der Waals surface area contributed by atoms with Crippen LogP contribution in [0.25, 0.3) is 10.8 Å². The summed E-state index contributed by atoms with van der Waals surface area (Å²) in [5, 5.41) is 2.17. The van der Waals surface area contributed by atoms with Crippen LogP contribution in [-0.4, -0.2) is 19.2 Å². The van der Waals surface area contributed by atoms with Crippen LogP contribution in [0.15, 0.2) is 60.7 Å². The zero-order chi connectivity index (χ0) is 28.4. The highest BCUT2D eigenvalue weighted by atomic mass is 16.5. The zero-order valence-electron chi connectivity index (χ0n) is 25.1.